The van der Waals surface area contributed by atoms with Crippen molar-refractivity contribution in [1.29, 1.82) is 0 Å². The average Bonchev–Trinajstić information content (AvgIpc) is 2.16. The van der Waals surface area contributed by atoms with Crippen LogP contribution in [0.25, 0.3) is 0 Å². The minimum Gasteiger partial charge on any atom is -0.373 e. The van der Waals surface area contributed by atoms with Crippen LogP contribution in [0.3, 0.4) is 0 Å². The summed E-state index contributed by atoms with van der Waals surface area (Å²) in [6.07, 6.45) is 1.00. The summed E-state index contributed by atoms with van der Waals surface area (Å²) in [7, 11) is 3.24. The maximum atomic E-state index is 13.6. The van der Waals surface area contributed by atoms with Crippen LogP contribution in [0.5, 0.6) is 0 Å². The molecule has 1 aromatic carbocycles. The van der Waals surface area contributed by atoms with Gasteiger partial charge < -0.3 is 10.2 Å². The lowest BCUT2D eigenvalue weighted by atomic mass is 10.1. The Hall–Kier alpha value is -1.16. The zero-order valence-corrected chi connectivity index (χ0v) is 9.98. The van der Waals surface area contributed by atoms with Gasteiger partial charge in [0.1, 0.15) is 17.3 Å². The molecule has 1 N–H and O–H groups in total. The molecule has 1 rings (SSSR count). The molecule has 0 bridgehead atoms. The summed E-state index contributed by atoms with van der Waals surface area (Å²) in [4.78, 5) is 1.44. The highest BCUT2D eigenvalue weighted by molar-refractivity contribution is 5.49. The van der Waals surface area contributed by atoms with Crippen LogP contribution in [0, 0.1) is 11.6 Å². The van der Waals surface area contributed by atoms with Crippen LogP contribution in [0.4, 0.5) is 14.5 Å². The number of nitrogens with one attached hydrogen (secondary N) is 1. The van der Waals surface area contributed by atoms with E-state index in [-0.39, 0.29) is 5.69 Å². The summed E-state index contributed by atoms with van der Waals surface area (Å²) in [5.41, 5.74) is 0.647. The summed E-state index contributed by atoms with van der Waals surface area (Å²) < 4.78 is 27.1. The van der Waals surface area contributed by atoms with Crippen molar-refractivity contribution in [2.45, 2.75) is 19.9 Å². The molecule has 0 aliphatic rings. The summed E-state index contributed by atoms with van der Waals surface area (Å²) in [6, 6.07) is 2.75. The molecule has 0 atom stereocenters. The molecule has 4 heteroatoms. The second-order valence-electron chi connectivity index (χ2n) is 3.98. The van der Waals surface area contributed by atoms with Crippen molar-refractivity contribution >= 4 is 5.69 Å². The van der Waals surface area contributed by atoms with E-state index in [9.17, 15) is 8.78 Å². The highest BCUT2D eigenvalue weighted by atomic mass is 19.1. The summed E-state index contributed by atoms with van der Waals surface area (Å²) in [5.74, 6) is -1.03. The van der Waals surface area contributed by atoms with Crippen LogP contribution < -0.4 is 10.2 Å². The van der Waals surface area contributed by atoms with Gasteiger partial charge in [0.25, 0.3) is 0 Å². The first-order valence-electron chi connectivity index (χ1n) is 5.42. The van der Waals surface area contributed by atoms with Gasteiger partial charge in [-0.25, -0.2) is 8.78 Å². The monoisotopic (exact) mass is 228 g/mol. The van der Waals surface area contributed by atoms with E-state index in [1.165, 1.54) is 17.0 Å². The zero-order valence-electron chi connectivity index (χ0n) is 9.98. The van der Waals surface area contributed by atoms with Crippen molar-refractivity contribution in [3.05, 3.63) is 29.3 Å². The number of anilines is 1. The van der Waals surface area contributed by atoms with Gasteiger partial charge in [0.2, 0.25) is 0 Å². The Kier molecular flexibility index (Phi) is 4.68. The van der Waals surface area contributed by atoms with Gasteiger partial charge in [-0.15, -0.1) is 0 Å². The molecule has 0 aromatic heterocycles. The molecule has 1 aromatic rings. The molecule has 0 radical (unpaired) electrons. The van der Waals surface area contributed by atoms with Gasteiger partial charge >= 0.3 is 0 Å². The highest BCUT2D eigenvalue weighted by Crippen LogP contribution is 2.22. The molecule has 0 unspecified atom stereocenters. The minimum absolute atomic E-state index is 0.0132. The summed E-state index contributed by atoms with van der Waals surface area (Å²) in [6.45, 7) is 3.39. The lowest BCUT2D eigenvalue weighted by molar-refractivity contribution is 0.573. The maximum absolute atomic E-state index is 13.6. The quantitative estimate of drug-likeness (QED) is 0.779. The molecule has 0 saturated carbocycles. The minimum atomic E-state index is -0.515. The lowest BCUT2D eigenvalue weighted by Gasteiger charge is -2.15. The van der Waals surface area contributed by atoms with Gasteiger partial charge in [-0.1, -0.05) is 6.92 Å². The third kappa shape index (κ3) is 3.17. The third-order valence-electron chi connectivity index (χ3n) is 2.28. The smallest absolute Gasteiger partial charge is 0.149 e. The molecule has 90 valence electrons. The Morgan fingerprint density at radius 1 is 1.19 bits per heavy atom. The largest absolute Gasteiger partial charge is 0.373 e. The van der Waals surface area contributed by atoms with E-state index in [1.54, 1.807) is 14.1 Å². The number of hydrogen-bond acceptors (Lipinski definition) is 2. The van der Waals surface area contributed by atoms with Crippen LogP contribution in [0.2, 0.25) is 0 Å². The van der Waals surface area contributed by atoms with Crippen molar-refractivity contribution in [3.63, 3.8) is 0 Å². The Bertz CT molecular complexity index is 328. The molecule has 0 aliphatic heterocycles. The van der Waals surface area contributed by atoms with Gasteiger partial charge in [0, 0.05) is 20.6 Å². The predicted molar refractivity (Wildman–Crippen MR) is 62.7 cm³/mol. The second kappa shape index (κ2) is 5.80. The van der Waals surface area contributed by atoms with Crippen LogP contribution in [-0.4, -0.2) is 20.6 Å². The predicted octanol–water partition coefficient (Wildman–Crippen LogP) is 2.53. The summed E-state index contributed by atoms with van der Waals surface area (Å²) >= 11 is 0. The number of nitrogens with zero attached hydrogens (tertiary/aromatic N) is 1. The van der Waals surface area contributed by atoms with Gasteiger partial charge in [-0.2, -0.15) is 0 Å². The fourth-order valence-electron chi connectivity index (χ4n) is 1.56. The normalized spacial score (nSPS) is 10.6. The van der Waals surface area contributed by atoms with E-state index in [0.29, 0.717) is 12.1 Å². The fraction of sp³-hybridized carbons (Fsp3) is 0.500. The van der Waals surface area contributed by atoms with Gasteiger partial charge in [0.15, 0.2) is 0 Å². The molecular weight excluding hydrogens is 210 g/mol. The first-order valence-corrected chi connectivity index (χ1v) is 5.42. The molecule has 0 heterocycles. The molecule has 0 fully saturated rings. The Balaban J connectivity index is 2.83. The van der Waals surface area contributed by atoms with Crippen molar-refractivity contribution in [2.24, 2.45) is 0 Å². The van der Waals surface area contributed by atoms with Crippen molar-refractivity contribution in [2.75, 3.05) is 25.5 Å². The SMILES string of the molecule is CCCNCc1cc(F)c(N(C)C)c(F)c1. The van der Waals surface area contributed by atoms with E-state index in [2.05, 4.69) is 5.32 Å². The van der Waals surface area contributed by atoms with E-state index < -0.39 is 11.6 Å². The molecule has 0 saturated heterocycles. The molecule has 16 heavy (non-hydrogen) atoms. The van der Waals surface area contributed by atoms with Crippen LogP contribution in [-0.2, 0) is 6.54 Å². The topological polar surface area (TPSA) is 15.3 Å². The molecule has 0 aliphatic carbocycles. The van der Waals surface area contributed by atoms with Gasteiger partial charge in [-0.05, 0) is 30.7 Å². The Labute approximate surface area is 95.3 Å². The number of rotatable bonds is 5. The van der Waals surface area contributed by atoms with Crippen molar-refractivity contribution in [3.8, 4) is 0 Å². The van der Waals surface area contributed by atoms with E-state index in [1.807, 2.05) is 6.92 Å². The highest BCUT2D eigenvalue weighted by Gasteiger charge is 2.12. The molecule has 2 nitrogen and oxygen atoms in total. The van der Waals surface area contributed by atoms with E-state index in [4.69, 9.17) is 0 Å². The molecule has 0 spiro atoms. The maximum Gasteiger partial charge on any atom is 0.149 e. The van der Waals surface area contributed by atoms with Crippen molar-refractivity contribution < 1.29 is 8.78 Å². The fourth-order valence-corrected chi connectivity index (χ4v) is 1.56. The van der Waals surface area contributed by atoms with Gasteiger partial charge in [-0.3, -0.25) is 0 Å². The Morgan fingerprint density at radius 3 is 2.19 bits per heavy atom. The third-order valence-corrected chi connectivity index (χ3v) is 2.28. The van der Waals surface area contributed by atoms with Crippen LogP contribution >= 0.6 is 0 Å². The van der Waals surface area contributed by atoms with Crippen LogP contribution in [0.1, 0.15) is 18.9 Å². The average molecular weight is 228 g/mol. The Morgan fingerprint density at radius 2 is 1.75 bits per heavy atom. The van der Waals surface area contributed by atoms with E-state index in [0.717, 1.165) is 13.0 Å². The number of hydrogen-bond donors (Lipinski definition) is 1. The number of benzene rings is 1. The first kappa shape index (κ1) is 12.9. The molecular formula is C12H18F2N2. The first-order chi connectivity index (χ1) is 7.56. The summed E-state index contributed by atoms with van der Waals surface area (Å²) in [5, 5.41) is 3.11. The van der Waals surface area contributed by atoms with Crippen LogP contribution in [0.15, 0.2) is 12.1 Å². The molecule has 0 amide bonds. The lowest BCUT2D eigenvalue weighted by Crippen LogP contribution is -2.16. The van der Waals surface area contributed by atoms with E-state index >= 15 is 0 Å². The zero-order chi connectivity index (χ0) is 12.1. The number of halogens is 2. The van der Waals surface area contributed by atoms with Gasteiger partial charge in [0.05, 0.1) is 0 Å². The standard InChI is InChI=1S/C12H18F2N2/c1-4-5-15-8-9-6-10(13)12(16(2)3)11(14)7-9/h6-7,15H,4-5,8H2,1-3H3. The second-order valence-corrected chi connectivity index (χ2v) is 3.98. The van der Waals surface area contributed by atoms with Crippen molar-refractivity contribution in [1.82, 2.24) is 5.32 Å².